The Morgan fingerprint density at radius 1 is 1.36 bits per heavy atom. The van der Waals surface area contributed by atoms with Crippen molar-refractivity contribution in [3.05, 3.63) is 17.2 Å². The minimum atomic E-state index is -0.123. The Bertz CT molecular complexity index is 600. The highest BCUT2D eigenvalue weighted by Crippen LogP contribution is 2.42. The van der Waals surface area contributed by atoms with E-state index in [1.165, 1.54) is 14.2 Å². The zero-order valence-corrected chi connectivity index (χ0v) is 13.2. The minimum Gasteiger partial charge on any atom is -0.493 e. The number of methoxy groups -OCH3 is 2. The first-order chi connectivity index (χ1) is 10.6. The molecule has 0 spiro atoms. The summed E-state index contributed by atoms with van der Waals surface area (Å²) in [5.41, 5.74) is 1.22. The zero-order chi connectivity index (χ0) is 16.1. The van der Waals surface area contributed by atoms with Gasteiger partial charge >= 0.3 is 0 Å². The molecule has 0 radical (unpaired) electrons. The number of ether oxygens (including phenoxy) is 3. The fraction of sp³-hybridized carbons (Fsp3) is 0.471. The van der Waals surface area contributed by atoms with Gasteiger partial charge in [0.05, 0.1) is 14.2 Å². The molecule has 0 heterocycles. The Hall–Kier alpha value is -2.35. The average molecular weight is 303 g/mol. The number of nitrogens with one attached hydrogen (secondary N) is 1. The predicted octanol–water partition coefficient (Wildman–Crippen LogP) is 2.31. The van der Waals surface area contributed by atoms with Crippen LogP contribution in [-0.4, -0.2) is 32.8 Å². The molecule has 118 valence electrons. The third kappa shape index (κ3) is 3.11. The Balaban J connectivity index is 2.38. The number of hydrogen-bond donors (Lipinski definition) is 1. The fourth-order valence-electron chi connectivity index (χ4n) is 2.41. The van der Waals surface area contributed by atoms with Crippen LogP contribution in [0.2, 0.25) is 0 Å². The first-order valence-corrected chi connectivity index (χ1v) is 7.25. The Morgan fingerprint density at radius 2 is 2.09 bits per heavy atom. The normalized spacial score (nSPS) is 13.7. The summed E-state index contributed by atoms with van der Waals surface area (Å²) in [6, 6.07) is 1.93. The maximum atomic E-state index is 12.4. The smallest absolute Gasteiger partial charge is 0.252 e. The molecule has 1 fully saturated rings. The number of hydrogen-bond acceptors (Lipinski definition) is 4. The summed E-state index contributed by atoms with van der Waals surface area (Å²) in [5, 5.41) is 3.02. The van der Waals surface area contributed by atoms with Crippen LogP contribution in [0.1, 0.15) is 35.2 Å². The van der Waals surface area contributed by atoms with Crippen LogP contribution in [0.15, 0.2) is 6.07 Å². The van der Waals surface area contributed by atoms with E-state index in [1.54, 1.807) is 6.07 Å². The molecule has 2 rings (SSSR count). The molecular formula is C17H21NO4. The van der Waals surface area contributed by atoms with Gasteiger partial charge in [0.2, 0.25) is 5.75 Å². The monoisotopic (exact) mass is 303 g/mol. The van der Waals surface area contributed by atoms with E-state index >= 15 is 0 Å². The number of carbonyl (C=O) groups is 1. The van der Waals surface area contributed by atoms with E-state index in [0.717, 1.165) is 19.3 Å². The largest absolute Gasteiger partial charge is 0.493 e. The second kappa shape index (κ2) is 7.08. The molecule has 1 N–H and O–H groups in total. The molecule has 0 atom stereocenters. The van der Waals surface area contributed by atoms with Gasteiger partial charge in [-0.2, -0.15) is 0 Å². The zero-order valence-electron chi connectivity index (χ0n) is 13.2. The van der Waals surface area contributed by atoms with Gasteiger partial charge in [-0.3, -0.25) is 4.79 Å². The standard InChI is InChI=1S/C17H21NO4/c1-5-9-22-16-14(20-3)10-13(11(2)15(16)21-4)17(19)18-12-7-6-8-12/h1,10,12H,6-9H2,2-4H3,(H,18,19). The van der Waals surface area contributed by atoms with Crippen LogP contribution in [0.5, 0.6) is 17.2 Å². The summed E-state index contributed by atoms with van der Waals surface area (Å²) < 4.78 is 16.2. The van der Waals surface area contributed by atoms with Crippen LogP contribution in [0.4, 0.5) is 0 Å². The highest BCUT2D eigenvalue weighted by atomic mass is 16.5. The summed E-state index contributed by atoms with van der Waals surface area (Å²) in [5.74, 6) is 3.59. The lowest BCUT2D eigenvalue weighted by Crippen LogP contribution is -2.39. The molecule has 1 amide bonds. The van der Waals surface area contributed by atoms with Crippen molar-refractivity contribution in [2.45, 2.75) is 32.2 Å². The lowest BCUT2D eigenvalue weighted by Gasteiger charge is -2.27. The van der Waals surface area contributed by atoms with Crippen molar-refractivity contribution in [2.24, 2.45) is 0 Å². The topological polar surface area (TPSA) is 56.8 Å². The van der Waals surface area contributed by atoms with Crippen LogP contribution < -0.4 is 19.5 Å². The maximum absolute atomic E-state index is 12.4. The predicted molar refractivity (Wildman–Crippen MR) is 83.7 cm³/mol. The quantitative estimate of drug-likeness (QED) is 0.819. The summed E-state index contributed by atoms with van der Waals surface area (Å²) in [6.07, 6.45) is 8.45. The first kappa shape index (κ1) is 16.0. The van der Waals surface area contributed by atoms with E-state index in [-0.39, 0.29) is 18.6 Å². The molecule has 1 saturated carbocycles. The average Bonchev–Trinajstić information content (AvgIpc) is 2.48. The van der Waals surface area contributed by atoms with Gasteiger partial charge in [-0.25, -0.2) is 0 Å². The molecule has 1 aliphatic carbocycles. The van der Waals surface area contributed by atoms with Crippen molar-refractivity contribution in [2.75, 3.05) is 20.8 Å². The van der Waals surface area contributed by atoms with E-state index in [4.69, 9.17) is 20.6 Å². The highest BCUT2D eigenvalue weighted by molar-refractivity contribution is 5.97. The number of terminal acetylenes is 1. The van der Waals surface area contributed by atoms with Crippen molar-refractivity contribution in [3.63, 3.8) is 0 Å². The van der Waals surface area contributed by atoms with Gasteiger partial charge in [0.15, 0.2) is 11.5 Å². The second-order valence-electron chi connectivity index (χ2n) is 5.21. The molecular weight excluding hydrogens is 282 g/mol. The van der Waals surface area contributed by atoms with Crippen molar-refractivity contribution in [1.29, 1.82) is 0 Å². The summed E-state index contributed by atoms with van der Waals surface area (Å²) >= 11 is 0. The third-order valence-corrected chi connectivity index (χ3v) is 3.86. The Morgan fingerprint density at radius 3 is 2.59 bits per heavy atom. The number of benzene rings is 1. The van der Waals surface area contributed by atoms with Crippen molar-refractivity contribution in [1.82, 2.24) is 5.32 Å². The molecule has 0 saturated heterocycles. The lowest BCUT2D eigenvalue weighted by molar-refractivity contribution is 0.0915. The van der Waals surface area contributed by atoms with Gasteiger partial charge < -0.3 is 19.5 Å². The summed E-state index contributed by atoms with van der Waals surface area (Å²) in [6.45, 7) is 1.91. The summed E-state index contributed by atoms with van der Waals surface area (Å²) in [7, 11) is 3.04. The van der Waals surface area contributed by atoms with Crippen molar-refractivity contribution in [3.8, 4) is 29.6 Å². The van der Waals surface area contributed by atoms with Gasteiger partial charge in [0.1, 0.15) is 6.61 Å². The van der Waals surface area contributed by atoms with Gasteiger partial charge in [-0.15, -0.1) is 6.42 Å². The van der Waals surface area contributed by atoms with Crippen LogP contribution in [0, 0.1) is 19.3 Å². The molecule has 1 aromatic rings. The van der Waals surface area contributed by atoms with Crippen LogP contribution >= 0.6 is 0 Å². The van der Waals surface area contributed by atoms with E-state index < -0.39 is 0 Å². The SMILES string of the molecule is C#CCOc1c(OC)cc(C(=O)NC2CCC2)c(C)c1OC. The minimum absolute atomic E-state index is 0.0970. The molecule has 5 heteroatoms. The molecule has 0 bridgehead atoms. The first-order valence-electron chi connectivity index (χ1n) is 7.25. The van der Waals surface area contributed by atoms with Gasteiger partial charge in [0.25, 0.3) is 5.91 Å². The van der Waals surface area contributed by atoms with E-state index in [1.807, 2.05) is 6.92 Å². The lowest BCUT2D eigenvalue weighted by atomic mass is 9.92. The molecule has 5 nitrogen and oxygen atoms in total. The Kier molecular flexibility index (Phi) is 5.16. The molecule has 22 heavy (non-hydrogen) atoms. The highest BCUT2D eigenvalue weighted by Gasteiger charge is 2.25. The Labute approximate surface area is 130 Å². The van der Waals surface area contributed by atoms with E-state index in [0.29, 0.717) is 28.4 Å². The second-order valence-corrected chi connectivity index (χ2v) is 5.21. The molecule has 1 aliphatic rings. The molecule has 0 unspecified atom stereocenters. The maximum Gasteiger partial charge on any atom is 0.252 e. The van der Waals surface area contributed by atoms with Gasteiger partial charge in [0, 0.05) is 17.2 Å². The van der Waals surface area contributed by atoms with Crippen LogP contribution in [-0.2, 0) is 0 Å². The van der Waals surface area contributed by atoms with Crippen LogP contribution in [0.25, 0.3) is 0 Å². The molecule has 0 aromatic heterocycles. The van der Waals surface area contributed by atoms with Crippen molar-refractivity contribution < 1.29 is 19.0 Å². The van der Waals surface area contributed by atoms with Crippen molar-refractivity contribution >= 4 is 5.91 Å². The third-order valence-electron chi connectivity index (χ3n) is 3.86. The van der Waals surface area contributed by atoms with Gasteiger partial charge in [-0.1, -0.05) is 5.92 Å². The number of amides is 1. The fourth-order valence-corrected chi connectivity index (χ4v) is 2.41. The number of rotatable bonds is 6. The summed E-state index contributed by atoms with van der Waals surface area (Å²) in [4.78, 5) is 12.4. The van der Waals surface area contributed by atoms with Gasteiger partial charge in [-0.05, 0) is 32.3 Å². The van der Waals surface area contributed by atoms with Crippen LogP contribution in [0.3, 0.4) is 0 Å². The van der Waals surface area contributed by atoms with E-state index in [9.17, 15) is 4.79 Å². The van der Waals surface area contributed by atoms with E-state index in [2.05, 4.69) is 11.2 Å². The molecule has 0 aliphatic heterocycles. The molecule has 1 aromatic carbocycles. The number of carbonyl (C=O) groups excluding carboxylic acids is 1.